The van der Waals surface area contributed by atoms with E-state index in [0.717, 1.165) is 6.42 Å². The minimum absolute atomic E-state index is 0.0278. The van der Waals surface area contributed by atoms with Gasteiger partial charge >= 0.3 is 0 Å². The molecule has 0 aliphatic heterocycles. The van der Waals surface area contributed by atoms with Crippen LogP contribution in [0.1, 0.15) is 6.42 Å². The van der Waals surface area contributed by atoms with Gasteiger partial charge in [-0.2, -0.15) is 11.8 Å². The molecule has 2 atom stereocenters. The van der Waals surface area contributed by atoms with Crippen molar-refractivity contribution in [3.63, 3.8) is 0 Å². The van der Waals surface area contributed by atoms with Crippen LogP contribution < -0.4 is 0 Å². The van der Waals surface area contributed by atoms with E-state index in [0.29, 0.717) is 5.25 Å². The van der Waals surface area contributed by atoms with Crippen molar-refractivity contribution in [3.8, 4) is 0 Å². The largest absolute Gasteiger partial charge is 0.392 e. The summed E-state index contributed by atoms with van der Waals surface area (Å²) < 4.78 is 0. The number of thioether (sulfide) groups is 1. The third-order valence-corrected chi connectivity index (χ3v) is 2.11. The van der Waals surface area contributed by atoms with E-state index in [9.17, 15) is 0 Å². The van der Waals surface area contributed by atoms with Crippen molar-refractivity contribution in [2.45, 2.75) is 17.8 Å². The molecule has 1 N–H and O–H groups in total. The van der Waals surface area contributed by atoms with Crippen LogP contribution in [-0.4, -0.2) is 22.7 Å². The van der Waals surface area contributed by atoms with Gasteiger partial charge in [-0.25, -0.2) is 0 Å². The highest BCUT2D eigenvalue weighted by molar-refractivity contribution is 7.99. The van der Waals surface area contributed by atoms with Crippen LogP contribution in [0.25, 0.3) is 0 Å². The van der Waals surface area contributed by atoms with Crippen molar-refractivity contribution in [1.29, 1.82) is 0 Å². The Morgan fingerprint density at radius 3 is 2.33 bits per heavy atom. The van der Waals surface area contributed by atoms with Crippen LogP contribution in [0.15, 0.2) is 0 Å². The Kier molecular flexibility index (Phi) is 1.06. The Labute approximate surface area is 41.7 Å². The predicted octanol–water partition coefficient (Wildman–Crippen LogP) is 0.483. The summed E-state index contributed by atoms with van der Waals surface area (Å²) in [4.78, 5) is 0. The summed E-state index contributed by atoms with van der Waals surface area (Å²) in [5.41, 5.74) is 0. The molecule has 0 aromatic rings. The summed E-state index contributed by atoms with van der Waals surface area (Å²) >= 11 is 1.75. The quantitative estimate of drug-likeness (QED) is 0.522. The van der Waals surface area contributed by atoms with Crippen LogP contribution in [-0.2, 0) is 0 Å². The molecule has 1 saturated carbocycles. The average Bonchev–Trinajstić information content (AvgIpc) is 2.19. The third kappa shape index (κ3) is 0.684. The highest BCUT2D eigenvalue weighted by atomic mass is 32.2. The molecule has 0 bridgehead atoms. The number of hydrogen-bond donors (Lipinski definition) is 1. The van der Waals surface area contributed by atoms with Gasteiger partial charge in [-0.05, 0) is 12.7 Å². The molecular weight excluding hydrogens is 96.1 g/mol. The van der Waals surface area contributed by atoms with Gasteiger partial charge in [0, 0.05) is 5.25 Å². The molecule has 0 amide bonds. The molecule has 0 saturated heterocycles. The molecule has 0 radical (unpaired) electrons. The summed E-state index contributed by atoms with van der Waals surface area (Å²) in [5, 5.41) is 9.18. The molecule has 2 heteroatoms. The van der Waals surface area contributed by atoms with Crippen molar-refractivity contribution >= 4 is 11.8 Å². The fraction of sp³-hybridized carbons (Fsp3) is 1.00. The normalized spacial score (nSPS) is 43.0. The molecule has 6 heavy (non-hydrogen) atoms. The molecule has 2 unspecified atom stereocenters. The summed E-state index contributed by atoms with van der Waals surface area (Å²) in [7, 11) is 0. The zero-order valence-electron chi connectivity index (χ0n) is 3.72. The molecule has 1 aliphatic carbocycles. The van der Waals surface area contributed by atoms with Crippen LogP contribution >= 0.6 is 11.8 Å². The first-order chi connectivity index (χ1) is 2.84. The SMILES string of the molecule is CSC1CC1O. The van der Waals surface area contributed by atoms with Crippen LogP contribution in [0.5, 0.6) is 0 Å². The molecular formula is C4H8OS. The lowest BCUT2D eigenvalue weighted by Crippen LogP contribution is -1.81. The van der Waals surface area contributed by atoms with E-state index in [4.69, 9.17) is 5.11 Å². The van der Waals surface area contributed by atoms with Gasteiger partial charge in [0.25, 0.3) is 0 Å². The Morgan fingerprint density at radius 1 is 1.83 bits per heavy atom. The molecule has 1 aliphatic rings. The zero-order valence-corrected chi connectivity index (χ0v) is 4.53. The van der Waals surface area contributed by atoms with Gasteiger partial charge in [-0.3, -0.25) is 0 Å². The fourth-order valence-corrected chi connectivity index (χ4v) is 1.12. The molecule has 0 aromatic carbocycles. The minimum atomic E-state index is 0.0278. The van der Waals surface area contributed by atoms with Gasteiger partial charge in [0.05, 0.1) is 6.10 Å². The molecule has 1 rings (SSSR count). The number of aliphatic hydroxyl groups excluding tert-OH is 1. The fourth-order valence-electron chi connectivity index (χ4n) is 0.413. The third-order valence-electron chi connectivity index (χ3n) is 1.00. The molecule has 36 valence electrons. The summed E-state index contributed by atoms with van der Waals surface area (Å²) in [5.74, 6) is 0. The average molecular weight is 104 g/mol. The monoisotopic (exact) mass is 104 g/mol. The van der Waals surface area contributed by atoms with E-state index < -0.39 is 0 Å². The van der Waals surface area contributed by atoms with Gasteiger partial charge in [0.15, 0.2) is 0 Å². The lowest BCUT2D eigenvalue weighted by atomic mass is 10.9. The molecule has 1 fully saturated rings. The van der Waals surface area contributed by atoms with Crippen LogP contribution in [0.2, 0.25) is 0 Å². The summed E-state index contributed by atoms with van der Waals surface area (Å²) in [6.45, 7) is 0. The first-order valence-electron chi connectivity index (χ1n) is 2.05. The van der Waals surface area contributed by atoms with Gasteiger partial charge in [-0.15, -0.1) is 0 Å². The van der Waals surface area contributed by atoms with E-state index in [2.05, 4.69) is 0 Å². The Hall–Kier alpha value is 0.310. The second-order valence-electron chi connectivity index (χ2n) is 1.58. The minimum Gasteiger partial charge on any atom is -0.392 e. The molecule has 0 aromatic heterocycles. The second-order valence-corrected chi connectivity index (χ2v) is 2.65. The smallest absolute Gasteiger partial charge is 0.0671 e. The van der Waals surface area contributed by atoms with Crippen molar-refractivity contribution < 1.29 is 5.11 Å². The molecule has 1 nitrogen and oxygen atoms in total. The topological polar surface area (TPSA) is 20.2 Å². The first-order valence-corrected chi connectivity index (χ1v) is 3.34. The highest BCUT2D eigenvalue weighted by Gasteiger charge is 2.33. The van der Waals surface area contributed by atoms with Crippen molar-refractivity contribution in [2.75, 3.05) is 6.26 Å². The van der Waals surface area contributed by atoms with Crippen LogP contribution in [0, 0.1) is 0 Å². The van der Waals surface area contributed by atoms with Gasteiger partial charge in [0.1, 0.15) is 0 Å². The van der Waals surface area contributed by atoms with E-state index >= 15 is 0 Å². The van der Waals surface area contributed by atoms with E-state index in [1.165, 1.54) is 0 Å². The Balaban J connectivity index is 2.09. The molecule has 0 heterocycles. The summed E-state index contributed by atoms with van der Waals surface area (Å²) in [6.07, 6.45) is 3.07. The molecule has 0 spiro atoms. The Morgan fingerprint density at radius 2 is 2.33 bits per heavy atom. The first kappa shape index (κ1) is 4.47. The maximum atomic E-state index is 8.61. The number of hydrogen-bond acceptors (Lipinski definition) is 2. The van der Waals surface area contributed by atoms with E-state index in [1.54, 1.807) is 11.8 Å². The predicted molar refractivity (Wildman–Crippen MR) is 27.9 cm³/mol. The summed E-state index contributed by atoms with van der Waals surface area (Å²) in [6, 6.07) is 0. The van der Waals surface area contributed by atoms with Crippen molar-refractivity contribution in [3.05, 3.63) is 0 Å². The number of rotatable bonds is 1. The Bertz CT molecular complexity index is 53.5. The standard InChI is InChI=1S/C4H8OS/c1-6-4-2-3(4)5/h3-5H,2H2,1H3. The van der Waals surface area contributed by atoms with Gasteiger partial charge in [0.2, 0.25) is 0 Å². The zero-order chi connectivity index (χ0) is 4.57. The number of aliphatic hydroxyl groups is 1. The van der Waals surface area contributed by atoms with Gasteiger partial charge in [-0.1, -0.05) is 0 Å². The van der Waals surface area contributed by atoms with Crippen LogP contribution in [0.3, 0.4) is 0 Å². The van der Waals surface area contributed by atoms with E-state index in [-0.39, 0.29) is 6.10 Å². The maximum Gasteiger partial charge on any atom is 0.0671 e. The van der Waals surface area contributed by atoms with Crippen LogP contribution in [0.4, 0.5) is 0 Å². The van der Waals surface area contributed by atoms with E-state index in [1.807, 2.05) is 6.26 Å². The van der Waals surface area contributed by atoms with Crippen molar-refractivity contribution in [1.82, 2.24) is 0 Å². The van der Waals surface area contributed by atoms with Crippen molar-refractivity contribution in [2.24, 2.45) is 0 Å². The second kappa shape index (κ2) is 1.43. The van der Waals surface area contributed by atoms with Gasteiger partial charge < -0.3 is 5.11 Å². The lowest BCUT2D eigenvalue weighted by molar-refractivity contribution is 0.280. The lowest BCUT2D eigenvalue weighted by Gasteiger charge is -1.79. The maximum absolute atomic E-state index is 8.61. The highest BCUT2D eigenvalue weighted by Crippen LogP contribution is 2.32.